The fraction of sp³-hybridized carbons (Fsp3) is 0.846. The van der Waals surface area contributed by atoms with E-state index >= 15 is 0 Å². The highest BCUT2D eigenvalue weighted by molar-refractivity contribution is 7.91. The van der Waals surface area contributed by atoms with Crippen molar-refractivity contribution in [2.45, 2.75) is 32.2 Å². The molecular weight excluding hydrogens is 308 g/mol. The van der Waals surface area contributed by atoms with Crippen molar-refractivity contribution < 1.29 is 8.42 Å². The normalized spacial score (nSPS) is 26.3. The van der Waals surface area contributed by atoms with Crippen LogP contribution in [0.2, 0.25) is 0 Å². The van der Waals surface area contributed by atoms with Crippen molar-refractivity contribution in [1.82, 2.24) is 15.1 Å². The average Bonchev–Trinajstić information content (AvgIpc) is 3.06. The van der Waals surface area contributed by atoms with E-state index in [-0.39, 0.29) is 6.04 Å². The second-order valence-corrected chi connectivity index (χ2v) is 9.08. The van der Waals surface area contributed by atoms with E-state index in [4.69, 9.17) is 0 Å². The van der Waals surface area contributed by atoms with Gasteiger partial charge in [-0.1, -0.05) is 18.3 Å². The molecule has 0 bridgehead atoms. The third kappa shape index (κ3) is 3.54. The highest BCUT2D eigenvalue weighted by Gasteiger charge is 2.34. The molecule has 0 spiro atoms. The zero-order valence-corrected chi connectivity index (χ0v) is 14.0. The minimum Gasteiger partial charge on any atom is -0.344 e. The molecule has 3 rings (SSSR count). The van der Waals surface area contributed by atoms with Crippen molar-refractivity contribution in [3.05, 3.63) is 5.01 Å². The molecule has 2 aliphatic rings. The predicted molar refractivity (Wildman–Crippen MR) is 84.7 cm³/mol. The first-order valence-corrected chi connectivity index (χ1v) is 10.2. The third-order valence-electron chi connectivity index (χ3n) is 4.23. The Morgan fingerprint density at radius 3 is 2.62 bits per heavy atom. The molecule has 1 atom stereocenters. The van der Waals surface area contributed by atoms with Crippen LogP contribution in [0.5, 0.6) is 0 Å². The van der Waals surface area contributed by atoms with Crippen LogP contribution in [0.25, 0.3) is 0 Å². The van der Waals surface area contributed by atoms with Crippen LogP contribution in [0.1, 0.15) is 24.8 Å². The van der Waals surface area contributed by atoms with Crippen molar-refractivity contribution >= 4 is 26.3 Å². The number of sulfone groups is 1. The van der Waals surface area contributed by atoms with Crippen LogP contribution in [-0.2, 0) is 16.3 Å². The summed E-state index contributed by atoms with van der Waals surface area (Å²) in [6, 6.07) is 0.224. The Labute approximate surface area is 130 Å². The summed E-state index contributed by atoms with van der Waals surface area (Å²) in [6.45, 7) is 5.82. The number of nitrogens with zero attached hydrogens (tertiary/aromatic N) is 4. The number of hydrogen-bond acceptors (Lipinski definition) is 7. The first-order valence-electron chi connectivity index (χ1n) is 7.59. The Balaban J connectivity index is 1.55. The molecule has 21 heavy (non-hydrogen) atoms. The maximum atomic E-state index is 11.6. The second kappa shape index (κ2) is 6.18. The van der Waals surface area contributed by atoms with Crippen molar-refractivity contribution in [2.75, 3.05) is 42.6 Å². The summed E-state index contributed by atoms with van der Waals surface area (Å²) in [5, 5.41) is 10.6. The summed E-state index contributed by atoms with van der Waals surface area (Å²) < 4.78 is 23.2. The van der Waals surface area contributed by atoms with Gasteiger partial charge in [-0.2, -0.15) is 0 Å². The van der Waals surface area contributed by atoms with Gasteiger partial charge >= 0.3 is 0 Å². The van der Waals surface area contributed by atoms with Gasteiger partial charge in [-0.25, -0.2) is 8.42 Å². The average molecular weight is 330 g/mol. The molecule has 0 amide bonds. The molecule has 0 N–H and O–H groups in total. The molecule has 8 heteroatoms. The lowest BCUT2D eigenvalue weighted by Gasteiger charge is -2.37. The summed E-state index contributed by atoms with van der Waals surface area (Å²) in [5.41, 5.74) is 0. The summed E-state index contributed by atoms with van der Waals surface area (Å²) in [4.78, 5) is 4.60. The highest BCUT2D eigenvalue weighted by Crippen LogP contribution is 2.24. The molecular formula is C13H22N4O2S2. The van der Waals surface area contributed by atoms with Gasteiger partial charge in [-0.15, -0.1) is 10.2 Å². The minimum atomic E-state index is -2.79. The highest BCUT2D eigenvalue weighted by atomic mass is 32.2. The first kappa shape index (κ1) is 15.2. The Bertz CT molecular complexity index is 579. The van der Waals surface area contributed by atoms with Crippen molar-refractivity contribution in [3.63, 3.8) is 0 Å². The maximum Gasteiger partial charge on any atom is 0.208 e. The van der Waals surface area contributed by atoms with Crippen molar-refractivity contribution in [3.8, 4) is 0 Å². The Kier molecular flexibility index (Phi) is 4.46. The van der Waals surface area contributed by atoms with Crippen molar-refractivity contribution in [1.29, 1.82) is 0 Å². The lowest BCUT2D eigenvalue weighted by Crippen LogP contribution is -2.50. The van der Waals surface area contributed by atoms with Gasteiger partial charge in [0.25, 0.3) is 0 Å². The fourth-order valence-electron chi connectivity index (χ4n) is 3.03. The quantitative estimate of drug-likeness (QED) is 0.813. The van der Waals surface area contributed by atoms with Gasteiger partial charge in [0, 0.05) is 38.6 Å². The van der Waals surface area contributed by atoms with Gasteiger partial charge in [0.1, 0.15) is 5.01 Å². The first-order chi connectivity index (χ1) is 10.1. The lowest BCUT2D eigenvalue weighted by molar-refractivity contribution is 0.200. The Morgan fingerprint density at radius 2 is 2.00 bits per heavy atom. The molecule has 2 saturated heterocycles. The summed E-state index contributed by atoms with van der Waals surface area (Å²) in [7, 11) is -2.79. The second-order valence-electron chi connectivity index (χ2n) is 5.81. The standard InChI is InChI=1S/C13H22N4O2S2/c1-2-3-12-14-15-13(20-12)17-7-5-16(6-8-17)11-4-9-21(18,19)10-11/h11H,2-10H2,1H3. The number of piperazine rings is 1. The van der Waals surface area contributed by atoms with E-state index in [2.05, 4.69) is 26.9 Å². The van der Waals surface area contributed by atoms with Crippen LogP contribution >= 0.6 is 11.3 Å². The third-order valence-corrected chi connectivity index (χ3v) is 7.02. The van der Waals surface area contributed by atoms with Crippen LogP contribution < -0.4 is 4.90 Å². The minimum absolute atomic E-state index is 0.224. The van der Waals surface area contributed by atoms with E-state index in [9.17, 15) is 8.42 Å². The molecule has 0 radical (unpaired) electrons. The van der Waals surface area contributed by atoms with E-state index in [1.54, 1.807) is 11.3 Å². The molecule has 118 valence electrons. The topological polar surface area (TPSA) is 66.4 Å². The smallest absolute Gasteiger partial charge is 0.208 e. The summed E-state index contributed by atoms with van der Waals surface area (Å²) >= 11 is 1.69. The SMILES string of the molecule is CCCc1nnc(N2CCN(C3CCS(=O)(=O)C3)CC2)s1. The van der Waals surface area contributed by atoms with Crippen LogP contribution in [0.15, 0.2) is 0 Å². The largest absolute Gasteiger partial charge is 0.344 e. The maximum absolute atomic E-state index is 11.6. The molecule has 1 aromatic heterocycles. The van der Waals surface area contributed by atoms with Gasteiger partial charge in [-0.05, 0) is 12.8 Å². The molecule has 0 aromatic carbocycles. The summed E-state index contributed by atoms with van der Waals surface area (Å²) in [5.74, 6) is 0.696. The van der Waals surface area contributed by atoms with Gasteiger partial charge in [-0.3, -0.25) is 4.90 Å². The Morgan fingerprint density at radius 1 is 1.24 bits per heavy atom. The summed E-state index contributed by atoms with van der Waals surface area (Å²) in [6.07, 6.45) is 2.89. The number of hydrogen-bond donors (Lipinski definition) is 0. The van der Waals surface area contributed by atoms with Gasteiger partial charge in [0.2, 0.25) is 5.13 Å². The predicted octanol–water partition coefficient (Wildman–Crippen LogP) is 0.800. The molecule has 1 aromatic rings. The monoisotopic (exact) mass is 330 g/mol. The molecule has 2 fully saturated rings. The van der Waals surface area contributed by atoms with Crippen LogP contribution in [0, 0.1) is 0 Å². The lowest BCUT2D eigenvalue weighted by atomic mass is 10.2. The number of rotatable bonds is 4. The Hall–Kier alpha value is -0.730. The van der Waals surface area contributed by atoms with Crippen LogP contribution in [0.3, 0.4) is 0 Å². The molecule has 0 saturated carbocycles. The fourth-order valence-corrected chi connectivity index (χ4v) is 5.78. The molecule has 0 aliphatic carbocycles. The number of aromatic nitrogens is 2. The van der Waals surface area contributed by atoms with E-state index in [1.807, 2.05) is 0 Å². The van der Waals surface area contributed by atoms with Gasteiger partial charge in [0.15, 0.2) is 9.84 Å². The zero-order valence-electron chi connectivity index (χ0n) is 12.4. The van der Waals surface area contributed by atoms with Crippen LogP contribution in [-0.4, -0.2) is 67.2 Å². The van der Waals surface area contributed by atoms with E-state index < -0.39 is 9.84 Å². The van der Waals surface area contributed by atoms with Crippen LogP contribution in [0.4, 0.5) is 5.13 Å². The van der Waals surface area contributed by atoms with E-state index in [0.29, 0.717) is 11.5 Å². The number of aryl methyl sites for hydroxylation is 1. The number of anilines is 1. The van der Waals surface area contributed by atoms with E-state index in [0.717, 1.165) is 55.6 Å². The zero-order chi connectivity index (χ0) is 14.9. The van der Waals surface area contributed by atoms with Gasteiger partial charge < -0.3 is 4.90 Å². The molecule has 6 nitrogen and oxygen atoms in total. The molecule has 3 heterocycles. The van der Waals surface area contributed by atoms with Crippen molar-refractivity contribution in [2.24, 2.45) is 0 Å². The molecule has 1 unspecified atom stereocenters. The molecule has 2 aliphatic heterocycles. The van der Waals surface area contributed by atoms with Gasteiger partial charge in [0.05, 0.1) is 11.5 Å². The van der Waals surface area contributed by atoms with E-state index in [1.165, 1.54) is 0 Å².